The van der Waals surface area contributed by atoms with E-state index in [0.717, 1.165) is 6.20 Å². The maximum Gasteiger partial charge on any atom is 0.422 e. The Kier molecular flexibility index (Phi) is 6.02. The third-order valence-corrected chi connectivity index (χ3v) is 3.86. The summed E-state index contributed by atoms with van der Waals surface area (Å²) in [6, 6.07) is 7.69. The average molecular weight is 427 g/mol. The van der Waals surface area contributed by atoms with Crippen molar-refractivity contribution in [3.63, 3.8) is 0 Å². The van der Waals surface area contributed by atoms with E-state index < -0.39 is 18.7 Å². The molecule has 3 rings (SSSR count). The molecule has 11 heteroatoms. The molecular weight excluding hydrogens is 413 g/mol. The zero-order chi connectivity index (χ0) is 21.0. The van der Waals surface area contributed by atoms with Gasteiger partial charge in [0, 0.05) is 16.8 Å². The summed E-state index contributed by atoms with van der Waals surface area (Å²) in [6.07, 6.45) is -3.41. The minimum atomic E-state index is -4.53. The van der Waals surface area contributed by atoms with Gasteiger partial charge in [-0.25, -0.2) is 4.98 Å². The van der Waals surface area contributed by atoms with Gasteiger partial charge in [0.2, 0.25) is 11.8 Å². The molecule has 0 atom stereocenters. The molecular formula is C18H14ClF3N4O3. The van der Waals surface area contributed by atoms with Crippen molar-refractivity contribution in [3.05, 3.63) is 58.8 Å². The van der Waals surface area contributed by atoms with Gasteiger partial charge in [-0.2, -0.15) is 18.2 Å². The van der Waals surface area contributed by atoms with Crippen LogP contribution in [0.2, 0.25) is 5.02 Å². The number of rotatable bonds is 6. The van der Waals surface area contributed by atoms with Crippen LogP contribution in [0.3, 0.4) is 0 Å². The molecule has 7 nitrogen and oxygen atoms in total. The summed E-state index contributed by atoms with van der Waals surface area (Å²) in [5.41, 5.74) is 0.819. The van der Waals surface area contributed by atoms with E-state index in [1.807, 2.05) is 0 Å². The number of carbonyl (C=O) groups is 1. The van der Waals surface area contributed by atoms with Crippen molar-refractivity contribution in [3.8, 4) is 17.0 Å². The molecule has 0 saturated carbocycles. The average Bonchev–Trinajstić information content (AvgIpc) is 3.09. The monoisotopic (exact) mass is 426 g/mol. The first-order valence-corrected chi connectivity index (χ1v) is 8.62. The number of ether oxygens (including phenoxy) is 1. The number of halogens is 4. The van der Waals surface area contributed by atoms with Gasteiger partial charge >= 0.3 is 6.18 Å². The van der Waals surface area contributed by atoms with Crippen LogP contribution in [0.5, 0.6) is 5.88 Å². The maximum atomic E-state index is 12.5. The zero-order valence-corrected chi connectivity index (χ0v) is 15.7. The second-order valence-electron chi connectivity index (χ2n) is 5.91. The lowest BCUT2D eigenvalue weighted by molar-refractivity contribution is -0.154. The smallest absolute Gasteiger partial charge is 0.422 e. The fourth-order valence-electron chi connectivity index (χ4n) is 2.35. The molecule has 0 bridgehead atoms. The minimum Gasteiger partial charge on any atom is -0.468 e. The predicted molar refractivity (Wildman–Crippen MR) is 96.4 cm³/mol. The number of hydrogen-bond acceptors (Lipinski definition) is 6. The molecule has 1 N–H and O–H groups in total. The third-order valence-electron chi connectivity index (χ3n) is 3.61. The summed E-state index contributed by atoms with van der Waals surface area (Å²) in [5, 5.41) is 6.63. The van der Waals surface area contributed by atoms with Crippen LogP contribution in [0, 0.1) is 6.92 Å². The van der Waals surface area contributed by atoms with Crippen LogP contribution in [-0.2, 0) is 6.54 Å². The number of pyridine rings is 1. The van der Waals surface area contributed by atoms with Gasteiger partial charge in [-0.05, 0) is 30.7 Å². The van der Waals surface area contributed by atoms with Crippen LogP contribution in [0.4, 0.5) is 13.2 Å². The molecule has 0 saturated heterocycles. The Morgan fingerprint density at radius 2 is 2.00 bits per heavy atom. The second-order valence-corrected chi connectivity index (χ2v) is 6.34. The van der Waals surface area contributed by atoms with Gasteiger partial charge in [0.1, 0.15) is 0 Å². The summed E-state index contributed by atoms with van der Waals surface area (Å²) in [7, 11) is 0. The molecule has 0 aliphatic rings. The van der Waals surface area contributed by atoms with E-state index in [-0.39, 0.29) is 29.4 Å². The van der Waals surface area contributed by atoms with Crippen molar-refractivity contribution >= 4 is 17.5 Å². The highest BCUT2D eigenvalue weighted by Crippen LogP contribution is 2.31. The molecule has 0 aliphatic heterocycles. The number of alkyl halides is 3. The van der Waals surface area contributed by atoms with Crippen molar-refractivity contribution in [1.29, 1.82) is 0 Å². The Morgan fingerprint density at radius 1 is 1.28 bits per heavy atom. The minimum absolute atomic E-state index is 0.0116. The number of nitrogens with zero attached hydrogens (tertiary/aromatic N) is 3. The molecule has 152 valence electrons. The lowest BCUT2D eigenvalue weighted by Gasteiger charge is -2.13. The molecule has 2 aromatic heterocycles. The second kappa shape index (κ2) is 8.48. The standard InChI is InChI=1S/C18H14ClF3N4O3/c1-10-25-15(29-26-10)8-23-16(27)12-6-14(11-2-4-13(19)5-3-11)17(24-7-12)28-9-18(20,21)22/h2-7H,8-9H2,1H3,(H,23,27). The Balaban J connectivity index is 1.85. The van der Waals surface area contributed by atoms with Crippen LogP contribution < -0.4 is 10.1 Å². The van der Waals surface area contributed by atoms with Crippen molar-refractivity contribution in [2.45, 2.75) is 19.6 Å². The first-order valence-electron chi connectivity index (χ1n) is 8.24. The van der Waals surface area contributed by atoms with E-state index in [2.05, 4.69) is 20.4 Å². The van der Waals surface area contributed by atoms with Gasteiger partial charge in [0.25, 0.3) is 5.91 Å². The summed E-state index contributed by atoms with van der Waals surface area (Å²) in [5.74, 6) is -0.140. The van der Waals surface area contributed by atoms with E-state index >= 15 is 0 Å². The summed E-state index contributed by atoms with van der Waals surface area (Å²) < 4.78 is 47.4. The largest absolute Gasteiger partial charge is 0.468 e. The number of nitrogens with one attached hydrogen (secondary N) is 1. The Labute approximate surface area is 167 Å². The topological polar surface area (TPSA) is 90.1 Å². The van der Waals surface area contributed by atoms with Crippen LogP contribution in [0.15, 0.2) is 41.1 Å². The number of carbonyl (C=O) groups excluding carboxylic acids is 1. The number of hydrogen-bond donors (Lipinski definition) is 1. The normalized spacial score (nSPS) is 11.3. The predicted octanol–water partition coefficient (Wildman–Crippen LogP) is 3.96. The highest BCUT2D eigenvalue weighted by molar-refractivity contribution is 6.30. The van der Waals surface area contributed by atoms with Crippen molar-refractivity contribution in [1.82, 2.24) is 20.4 Å². The van der Waals surface area contributed by atoms with E-state index in [0.29, 0.717) is 16.4 Å². The summed E-state index contributed by atoms with van der Waals surface area (Å²) in [6.45, 7) is 0.113. The van der Waals surface area contributed by atoms with Crippen LogP contribution in [0.25, 0.3) is 11.1 Å². The van der Waals surface area contributed by atoms with Gasteiger partial charge in [-0.15, -0.1) is 0 Å². The lowest BCUT2D eigenvalue weighted by atomic mass is 10.0. The lowest BCUT2D eigenvalue weighted by Crippen LogP contribution is -2.23. The van der Waals surface area contributed by atoms with Gasteiger partial charge in [-0.3, -0.25) is 4.79 Å². The van der Waals surface area contributed by atoms with E-state index in [4.69, 9.17) is 20.9 Å². The molecule has 0 spiro atoms. The number of aryl methyl sites for hydroxylation is 1. The molecule has 3 aromatic rings. The van der Waals surface area contributed by atoms with Gasteiger partial charge in [0.05, 0.1) is 12.1 Å². The van der Waals surface area contributed by atoms with Crippen molar-refractivity contribution < 1.29 is 27.2 Å². The first kappa shape index (κ1) is 20.6. The van der Waals surface area contributed by atoms with E-state index in [1.54, 1.807) is 31.2 Å². The van der Waals surface area contributed by atoms with E-state index in [9.17, 15) is 18.0 Å². The van der Waals surface area contributed by atoms with Crippen LogP contribution in [0.1, 0.15) is 22.1 Å². The number of amides is 1. The van der Waals surface area contributed by atoms with Gasteiger partial charge in [-0.1, -0.05) is 28.9 Å². The Bertz CT molecular complexity index is 1010. The molecule has 29 heavy (non-hydrogen) atoms. The van der Waals surface area contributed by atoms with Gasteiger partial charge < -0.3 is 14.6 Å². The van der Waals surface area contributed by atoms with Crippen LogP contribution in [-0.4, -0.2) is 33.8 Å². The molecule has 0 aliphatic carbocycles. The molecule has 1 amide bonds. The molecule has 1 aromatic carbocycles. The Hall–Kier alpha value is -3.14. The Morgan fingerprint density at radius 3 is 2.62 bits per heavy atom. The van der Waals surface area contributed by atoms with Crippen molar-refractivity contribution in [2.75, 3.05) is 6.61 Å². The highest BCUT2D eigenvalue weighted by Gasteiger charge is 2.29. The zero-order valence-electron chi connectivity index (χ0n) is 15.0. The summed E-state index contributed by atoms with van der Waals surface area (Å²) >= 11 is 5.86. The molecule has 2 heterocycles. The molecule has 0 unspecified atom stereocenters. The maximum absolute atomic E-state index is 12.5. The molecule has 0 fully saturated rings. The first-order chi connectivity index (χ1) is 13.7. The third kappa shape index (κ3) is 5.67. The fraction of sp³-hybridized carbons (Fsp3) is 0.222. The summed E-state index contributed by atoms with van der Waals surface area (Å²) in [4.78, 5) is 20.3. The SMILES string of the molecule is Cc1noc(CNC(=O)c2cnc(OCC(F)(F)F)c(-c3ccc(Cl)cc3)c2)n1. The number of aromatic nitrogens is 3. The molecule has 0 radical (unpaired) electrons. The van der Waals surface area contributed by atoms with Crippen LogP contribution >= 0.6 is 11.6 Å². The van der Waals surface area contributed by atoms with Gasteiger partial charge in [0.15, 0.2) is 12.4 Å². The van der Waals surface area contributed by atoms with E-state index in [1.165, 1.54) is 6.07 Å². The highest BCUT2D eigenvalue weighted by atomic mass is 35.5. The fourth-order valence-corrected chi connectivity index (χ4v) is 2.47. The number of benzene rings is 1. The van der Waals surface area contributed by atoms with Crippen molar-refractivity contribution in [2.24, 2.45) is 0 Å². The quantitative estimate of drug-likeness (QED) is 0.641.